The highest BCUT2D eigenvalue weighted by Gasteiger charge is 2.12. The zero-order valence-corrected chi connectivity index (χ0v) is 9.85. The van der Waals surface area contributed by atoms with Gasteiger partial charge in [0.05, 0.1) is 0 Å². The Morgan fingerprint density at radius 3 is 2.31 bits per heavy atom. The summed E-state index contributed by atoms with van der Waals surface area (Å²) in [6.07, 6.45) is 0.936. The van der Waals surface area contributed by atoms with Crippen LogP contribution < -0.4 is 5.73 Å². The molecule has 1 aromatic carbocycles. The van der Waals surface area contributed by atoms with Crippen LogP contribution in [0.15, 0.2) is 18.2 Å². The molecular formula is C12H20N2O2. The van der Waals surface area contributed by atoms with E-state index >= 15 is 0 Å². The van der Waals surface area contributed by atoms with Crippen molar-refractivity contribution in [1.29, 1.82) is 0 Å². The first-order chi connectivity index (χ1) is 7.54. The van der Waals surface area contributed by atoms with Gasteiger partial charge in [0.2, 0.25) is 0 Å². The van der Waals surface area contributed by atoms with E-state index in [2.05, 4.69) is 4.90 Å². The summed E-state index contributed by atoms with van der Waals surface area (Å²) in [5.41, 5.74) is 6.36. The van der Waals surface area contributed by atoms with E-state index in [1.54, 1.807) is 12.1 Å². The van der Waals surface area contributed by atoms with Crippen molar-refractivity contribution >= 4 is 0 Å². The molecule has 4 heteroatoms. The third kappa shape index (κ3) is 3.40. The Bertz CT molecular complexity index is 322. The zero-order valence-electron chi connectivity index (χ0n) is 9.85. The van der Waals surface area contributed by atoms with Gasteiger partial charge in [0.25, 0.3) is 0 Å². The lowest BCUT2D eigenvalue weighted by molar-refractivity contribution is 0.259. The van der Waals surface area contributed by atoms with Gasteiger partial charge in [-0.2, -0.15) is 0 Å². The fourth-order valence-electron chi connectivity index (χ4n) is 1.65. The quantitative estimate of drug-likeness (QED) is 0.708. The molecule has 0 saturated carbocycles. The number of phenolic OH excluding ortho intramolecular Hbond substituents is 2. The van der Waals surface area contributed by atoms with Gasteiger partial charge in [0.1, 0.15) is 11.5 Å². The minimum atomic E-state index is 0.0917. The van der Waals surface area contributed by atoms with Crippen molar-refractivity contribution in [2.75, 3.05) is 20.1 Å². The number of hydrogen-bond donors (Lipinski definition) is 3. The average Bonchev–Trinajstić information content (AvgIpc) is 2.23. The molecule has 0 heterocycles. The Morgan fingerprint density at radius 1 is 1.25 bits per heavy atom. The Labute approximate surface area is 96.3 Å². The predicted octanol–water partition coefficient (Wildman–Crippen LogP) is 1.44. The maximum absolute atomic E-state index is 9.40. The maximum Gasteiger partial charge on any atom is 0.119 e. The van der Waals surface area contributed by atoms with E-state index in [-0.39, 0.29) is 17.5 Å². The predicted molar refractivity (Wildman–Crippen MR) is 64.5 cm³/mol. The summed E-state index contributed by atoms with van der Waals surface area (Å²) in [4.78, 5) is 2.14. The molecule has 0 bridgehead atoms. The number of aromatic hydroxyl groups is 2. The van der Waals surface area contributed by atoms with Crippen molar-refractivity contribution in [2.45, 2.75) is 19.4 Å². The summed E-state index contributed by atoms with van der Waals surface area (Å²) in [5.74, 6) is 0.183. The van der Waals surface area contributed by atoms with Crippen molar-refractivity contribution in [2.24, 2.45) is 5.73 Å². The number of nitrogens with zero attached hydrogens (tertiary/aromatic N) is 1. The molecule has 0 radical (unpaired) electrons. The van der Waals surface area contributed by atoms with E-state index < -0.39 is 0 Å². The summed E-state index contributed by atoms with van der Waals surface area (Å²) in [6, 6.07) is 4.81. The van der Waals surface area contributed by atoms with Crippen molar-refractivity contribution < 1.29 is 10.2 Å². The zero-order chi connectivity index (χ0) is 12.1. The summed E-state index contributed by atoms with van der Waals surface area (Å²) >= 11 is 0. The van der Waals surface area contributed by atoms with Gasteiger partial charge in [0.15, 0.2) is 0 Å². The van der Waals surface area contributed by atoms with Gasteiger partial charge in [0, 0.05) is 12.1 Å². The van der Waals surface area contributed by atoms with Crippen molar-refractivity contribution in [3.63, 3.8) is 0 Å². The molecule has 4 nitrogen and oxygen atoms in total. The Morgan fingerprint density at radius 2 is 1.81 bits per heavy atom. The summed E-state index contributed by atoms with van der Waals surface area (Å²) in [7, 11) is 2.00. The molecule has 0 aliphatic rings. The molecule has 1 atom stereocenters. The van der Waals surface area contributed by atoms with Gasteiger partial charge in [-0.15, -0.1) is 0 Å². The number of hydrogen-bond acceptors (Lipinski definition) is 4. The molecular weight excluding hydrogens is 204 g/mol. The molecule has 0 aliphatic carbocycles. The first-order valence-corrected chi connectivity index (χ1v) is 5.48. The van der Waals surface area contributed by atoms with Crippen molar-refractivity contribution in [3.8, 4) is 11.5 Å². The SMILES string of the molecule is CC(c1cc(O)cc(O)c1)N(C)CCCN. The molecule has 1 unspecified atom stereocenters. The summed E-state index contributed by atoms with van der Waals surface area (Å²) in [5, 5.41) is 18.8. The maximum atomic E-state index is 9.40. The average molecular weight is 224 g/mol. The van der Waals surface area contributed by atoms with Crippen LogP contribution in [0.25, 0.3) is 0 Å². The highest BCUT2D eigenvalue weighted by atomic mass is 16.3. The normalized spacial score (nSPS) is 13.0. The number of rotatable bonds is 5. The number of nitrogens with two attached hydrogens (primary N) is 1. The molecule has 0 fully saturated rings. The molecule has 90 valence electrons. The van der Waals surface area contributed by atoms with E-state index in [0.717, 1.165) is 18.5 Å². The Balaban J connectivity index is 2.74. The second-order valence-corrected chi connectivity index (χ2v) is 4.08. The largest absolute Gasteiger partial charge is 0.508 e. The molecule has 0 saturated heterocycles. The highest BCUT2D eigenvalue weighted by Crippen LogP contribution is 2.27. The first kappa shape index (κ1) is 12.8. The van der Waals surface area contributed by atoms with Gasteiger partial charge in [-0.1, -0.05) is 0 Å². The molecule has 0 spiro atoms. The lowest BCUT2D eigenvalue weighted by atomic mass is 10.1. The van der Waals surface area contributed by atoms with Crippen LogP contribution in [0.4, 0.5) is 0 Å². The first-order valence-electron chi connectivity index (χ1n) is 5.48. The van der Waals surface area contributed by atoms with Crippen molar-refractivity contribution in [3.05, 3.63) is 23.8 Å². The number of benzene rings is 1. The third-order valence-electron chi connectivity index (χ3n) is 2.78. The third-order valence-corrected chi connectivity index (χ3v) is 2.78. The van der Waals surface area contributed by atoms with Crippen molar-refractivity contribution in [1.82, 2.24) is 4.90 Å². The van der Waals surface area contributed by atoms with E-state index in [9.17, 15) is 10.2 Å². The summed E-state index contributed by atoms with van der Waals surface area (Å²) in [6.45, 7) is 3.60. The molecule has 0 aromatic heterocycles. The van der Waals surface area contributed by atoms with E-state index in [0.29, 0.717) is 6.54 Å². The Hall–Kier alpha value is -1.26. The minimum absolute atomic E-state index is 0.0917. The molecule has 1 aromatic rings. The van der Waals surface area contributed by atoms with E-state index in [4.69, 9.17) is 5.73 Å². The molecule has 0 amide bonds. The second-order valence-electron chi connectivity index (χ2n) is 4.08. The minimum Gasteiger partial charge on any atom is -0.508 e. The molecule has 1 rings (SSSR count). The van der Waals surface area contributed by atoms with Crippen LogP contribution in [-0.2, 0) is 0 Å². The standard InChI is InChI=1S/C12H20N2O2/c1-9(14(2)5-3-4-13)10-6-11(15)8-12(16)7-10/h6-9,15-16H,3-5,13H2,1-2H3. The topological polar surface area (TPSA) is 69.7 Å². The van der Waals surface area contributed by atoms with Gasteiger partial charge in [-0.3, -0.25) is 4.90 Å². The van der Waals surface area contributed by atoms with Gasteiger partial charge in [-0.25, -0.2) is 0 Å². The van der Waals surface area contributed by atoms with Crippen LogP contribution in [0.3, 0.4) is 0 Å². The van der Waals surface area contributed by atoms with Crippen LogP contribution in [0.2, 0.25) is 0 Å². The van der Waals surface area contributed by atoms with Crippen LogP contribution in [0, 0.1) is 0 Å². The van der Waals surface area contributed by atoms with Crippen LogP contribution in [-0.4, -0.2) is 35.3 Å². The van der Waals surface area contributed by atoms with E-state index in [1.165, 1.54) is 6.07 Å². The number of phenols is 2. The second kappa shape index (κ2) is 5.72. The summed E-state index contributed by atoms with van der Waals surface area (Å²) < 4.78 is 0. The van der Waals surface area contributed by atoms with Gasteiger partial charge >= 0.3 is 0 Å². The lowest BCUT2D eigenvalue weighted by Crippen LogP contribution is -2.25. The molecule has 16 heavy (non-hydrogen) atoms. The highest BCUT2D eigenvalue weighted by molar-refractivity contribution is 5.37. The van der Waals surface area contributed by atoms with Crippen LogP contribution >= 0.6 is 0 Å². The fourth-order valence-corrected chi connectivity index (χ4v) is 1.65. The fraction of sp³-hybridized carbons (Fsp3) is 0.500. The molecule has 4 N–H and O–H groups in total. The molecule has 0 aliphatic heterocycles. The van der Waals surface area contributed by atoms with E-state index in [1.807, 2.05) is 14.0 Å². The smallest absolute Gasteiger partial charge is 0.119 e. The lowest BCUT2D eigenvalue weighted by Gasteiger charge is -2.25. The van der Waals surface area contributed by atoms with Crippen LogP contribution in [0.1, 0.15) is 24.9 Å². The van der Waals surface area contributed by atoms with Crippen LogP contribution in [0.5, 0.6) is 11.5 Å². The van der Waals surface area contributed by atoms with Gasteiger partial charge in [-0.05, 0) is 51.2 Å². The van der Waals surface area contributed by atoms with Gasteiger partial charge < -0.3 is 15.9 Å². The Kier molecular flexibility index (Phi) is 4.58. The monoisotopic (exact) mass is 224 g/mol.